The summed E-state index contributed by atoms with van der Waals surface area (Å²) < 4.78 is 16.6. The van der Waals surface area contributed by atoms with Crippen molar-refractivity contribution < 1.29 is 18.9 Å². The minimum atomic E-state index is -2.78. The highest BCUT2D eigenvalue weighted by Crippen LogP contribution is 2.50. The summed E-state index contributed by atoms with van der Waals surface area (Å²) in [6, 6.07) is -0.543. The van der Waals surface area contributed by atoms with Crippen molar-refractivity contribution in [1.82, 2.24) is 0 Å². The highest BCUT2D eigenvalue weighted by atomic mass is 32.5. The zero-order chi connectivity index (χ0) is 13.9. The maximum Gasteiger partial charge on any atom is 0.188 e. The van der Waals surface area contributed by atoms with Gasteiger partial charge in [0.15, 0.2) is 6.49 Å². The molecule has 1 aliphatic rings. The van der Waals surface area contributed by atoms with Gasteiger partial charge in [0.05, 0.1) is 24.9 Å². The van der Waals surface area contributed by atoms with Gasteiger partial charge in [0, 0.05) is 18.1 Å². The van der Waals surface area contributed by atoms with Crippen LogP contribution in [0.15, 0.2) is 0 Å². The summed E-state index contributed by atoms with van der Waals surface area (Å²) in [6.07, 6.45) is 0.335. The van der Waals surface area contributed by atoms with E-state index in [-0.39, 0.29) is 24.0 Å². The van der Waals surface area contributed by atoms with Crippen LogP contribution in [-0.2, 0) is 25.8 Å². The molecule has 18 heavy (non-hydrogen) atoms. The molecule has 2 radical (unpaired) electrons. The molecule has 1 N–H and O–H groups in total. The Balaban J connectivity index is 2.47. The average molecular weight is 292 g/mol. The molecule has 7 heteroatoms. The molecule has 1 rings (SSSR count). The Morgan fingerprint density at radius 3 is 2.56 bits per heavy atom. The second-order valence-electron chi connectivity index (χ2n) is 5.14. The molecule has 0 spiro atoms. The molecule has 0 aliphatic carbocycles. The molecule has 0 aromatic rings. The number of rotatable bonds is 6. The van der Waals surface area contributed by atoms with Crippen LogP contribution >= 0.6 is 6.49 Å². The van der Waals surface area contributed by atoms with E-state index in [1.165, 1.54) is 0 Å². The van der Waals surface area contributed by atoms with Gasteiger partial charge in [0.2, 0.25) is 0 Å². The summed E-state index contributed by atoms with van der Waals surface area (Å²) in [7, 11) is 5.84. The average Bonchev–Trinajstić information content (AvgIpc) is 2.56. The van der Waals surface area contributed by atoms with Crippen LogP contribution in [-0.4, -0.2) is 49.3 Å². The molecule has 1 saturated heterocycles. The van der Waals surface area contributed by atoms with Gasteiger partial charge < -0.3 is 18.9 Å². The highest BCUT2D eigenvalue weighted by molar-refractivity contribution is 8.09. The largest absolute Gasteiger partial charge is 0.380 e. The van der Waals surface area contributed by atoms with Gasteiger partial charge in [0.1, 0.15) is 7.85 Å². The standard InChI is InChI=1S/C11H22BO4PS/c1-7(2)14-6-9-5-10(11(12)15-9)16-17(13,18)8(3)4/h7-11H,5-6H2,1-4H3,(H,13,18)/t9-,10+,11+,17?/m0/s1. The van der Waals surface area contributed by atoms with Crippen molar-refractivity contribution in [3.8, 4) is 0 Å². The SMILES string of the molecule is [B][C@@H]1O[C@H](COC(C)C)C[C@H]1OP(O)(=S)C(C)C. The summed E-state index contributed by atoms with van der Waals surface area (Å²) in [6.45, 7) is 5.34. The first-order valence-corrected chi connectivity index (χ1v) is 9.00. The molecule has 104 valence electrons. The lowest BCUT2D eigenvalue weighted by molar-refractivity contribution is -0.0178. The number of hydrogen-bond donors (Lipinski definition) is 1. The fourth-order valence-corrected chi connectivity index (χ4v) is 2.75. The van der Waals surface area contributed by atoms with Crippen molar-refractivity contribution in [1.29, 1.82) is 0 Å². The maximum absolute atomic E-state index is 10.0. The highest BCUT2D eigenvalue weighted by Gasteiger charge is 2.36. The predicted octanol–water partition coefficient (Wildman–Crippen LogP) is 1.79. The third-order valence-electron chi connectivity index (χ3n) is 2.77. The molecule has 0 aromatic carbocycles. The molecule has 4 atom stereocenters. The summed E-state index contributed by atoms with van der Waals surface area (Å²) >= 11 is 5.10. The van der Waals surface area contributed by atoms with Crippen LogP contribution < -0.4 is 0 Å². The summed E-state index contributed by atoms with van der Waals surface area (Å²) in [5.41, 5.74) is -0.0781. The normalized spacial score (nSPS) is 32.1. The maximum atomic E-state index is 10.0. The molecule has 1 fully saturated rings. The Morgan fingerprint density at radius 2 is 2.06 bits per heavy atom. The van der Waals surface area contributed by atoms with Crippen LogP contribution in [0.2, 0.25) is 0 Å². The molecule has 0 amide bonds. The number of hydrogen-bond acceptors (Lipinski definition) is 4. The molecule has 1 aliphatic heterocycles. The van der Waals surface area contributed by atoms with Crippen molar-refractivity contribution in [2.24, 2.45) is 0 Å². The van der Waals surface area contributed by atoms with E-state index in [2.05, 4.69) is 0 Å². The van der Waals surface area contributed by atoms with Gasteiger partial charge in [-0.1, -0.05) is 13.8 Å². The lowest BCUT2D eigenvalue weighted by Crippen LogP contribution is -2.24. The van der Waals surface area contributed by atoms with E-state index in [0.717, 1.165) is 0 Å². The van der Waals surface area contributed by atoms with Gasteiger partial charge in [-0.15, -0.1) is 0 Å². The zero-order valence-electron chi connectivity index (χ0n) is 11.4. The van der Waals surface area contributed by atoms with E-state index < -0.39 is 12.5 Å². The Kier molecular flexibility index (Phi) is 6.30. The van der Waals surface area contributed by atoms with Crippen LogP contribution in [0.3, 0.4) is 0 Å². The minimum Gasteiger partial charge on any atom is -0.380 e. The van der Waals surface area contributed by atoms with Gasteiger partial charge in [-0.2, -0.15) is 0 Å². The van der Waals surface area contributed by atoms with Crippen LogP contribution in [0.25, 0.3) is 0 Å². The Bertz CT molecular complexity index is 313. The smallest absolute Gasteiger partial charge is 0.188 e. The van der Waals surface area contributed by atoms with E-state index in [1.807, 2.05) is 27.7 Å². The van der Waals surface area contributed by atoms with E-state index in [1.54, 1.807) is 0 Å². The van der Waals surface area contributed by atoms with E-state index in [9.17, 15) is 4.89 Å². The van der Waals surface area contributed by atoms with Crippen LogP contribution in [0.1, 0.15) is 34.1 Å². The zero-order valence-corrected chi connectivity index (χ0v) is 13.1. The Hall–Kier alpha value is 0.555. The summed E-state index contributed by atoms with van der Waals surface area (Å²) in [5, 5.41) is 0. The van der Waals surface area contributed by atoms with Crippen LogP contribution in [0, 0.1) is 0 Å². The summed E-state index contributed by atoms with van der Waals surface area (Å²) in [4.78, 5) is 10.0. The molecule has 1 heterocycles. The number of ether oxygens (including phenoxy) is 2. The van der Waals surface area contributed by atoms with Gasteiger partial charge in [-0.05, 0) is 25.7 Å². The monoisotopic (exact) mass is 292 g/mol. The first-order valence-electron chi connectivity index (χ1n) is 6.26. The van der Waals surface area contributed by atoms with Crippen molar-refractivity contribution >= 4 is 26.1 Å². The first-order chi connectivity index (χ1) is 8.22. The fourth-order valence-electron chi connectivity index (χ4n) is 1.58. The van der Waals surface area contributed by atoms with Crippen molar-refractivity contribution in [3.63, 3.8) is 0 Å². The molecular formula is C11H22BO4PS. The summed E-state index contributed by atoms with van der Waals surface area (Å²) in [5.74, 6) is 0. The van der Waals surface area contributed by atoms with Crippen LogP contribution in [0.5, 0.6) is 0 Å². The molecule has 4 nitrogen and oxygen atoms in total. The predicted molar refractivity (Wildman–Crippen MR) is 76.6 cm³/mol. The van der Waals surface area contributed by atoms with Crippen LogP contribution in [0.4, 0.5) is 0 Å². The second-order valence-corrected chi connectivity index (χ2v) is 9.08. The first kappa shape index (κ1) is 16.6. The van der Waals surface area contributed by atoms with Gasteiger partial charge in [-0.25, -0.2) is 0 Å². The fraction of sp³-hybridized carbons (Fsp3) is 1.00. The topological polar surface area (TPSA) is 47.9 Å². The third kappa shape index (κ3) is 4.91. The lowest BCUT2D eigenvalue weighted by atomic mass is 9.94. The molecular weight excluding hydrogens is 270 g/mol. The molecule has 0 aromatic heterocycles. The quantitative estimate of drug-likeness (QED) is 0.597. The lowest BCUT2D eigenvalue weighted by Gasteiger charge is -2.25. The van der Waals surface area contributed by atoms with E-state index in [4.69, 9.17) is 33.7 Å². The molecule has 0 saturated carbocycles. The molecule has 1 unspecified atom stereocenters. The van der Waals surface area contributed by atoms with Crippen molar-refractivity contribution in [2.45, 2.75) is 64.1 Å². The van der Waals surface area contributed by atoms with Gasteiger partial charge in [-0.3, -0.25) is 0 Å². The Morgan fingerprint density at radius 1 is 1.44 bits per heavy atom. The Labute approximate surface area is 116 Å². The second kappa shape index (κ2) is 6.82. The van der Waals surface area contributed by atoms with Crippen molar-refractivity contribution in [3.05, 3.63) is 0 Å². The third-order valence-corrected chi connectivity index (χ3v) is 6.17. The van der Waals surface area contributed by atoms with E-state index >= 15 is 0 Å². The van der Waals surface area contributed by atoms with E-state index in [0.29, 0.717) is 13.0 Å². The van der Waals surface area contributed by atoms with Gasteiger partial charge >= 0.3 is 0 Å². The van der Waals surface area contributed by atoms with Crippen molar-refractivity contribution in [2.75, 3.05) is 6.61 Å². The minimum absolute atomic E-state index is 0.0781. The molecule has 0 bridgehead atoms. The van der Waals surface area contributed by atoms with Gasteiger partial charge in [0.25, 0.3) is 0 Å².